The number of hydrogen-bond acceptors (Lipinski definition) is 4. The number of carbonyl (C=O) groups excluding carboxylic acids is 2. The van der Waals surface area contributed by atoms with Crippen molar-refractivity contribution in [1.82, 2.24) is 10.6 Å². The van der Waals surface area contributed by atoms with Gasteiger partial charge in [-0.1, -0.05) is 48.5 Å². The van der Waals surface area contributed by atoms with Crippen molar-refractivity contribution in [3.63, 3.8) is 0 Å². The van der Waals surface area contributed by atoms with Crippen molar-refractivity contribution in [2.75, 3.05) is 6.61 Å². The number of hydrogen-bond donors (Lipinski definition) is 3. The molecule has 0 radical (unpaired) electrons. The lowest BCUT2D eigenvalue weighted by molar-refractivity contribution is -0.137. The largest absolute Gasteiger partial charge is 0.481 e. The van der Waals surface area contributed by atoms with Crippen LogP contribution in [-0.2, 0) is 14.3 Å². The number of carbonyl (C=O) groups is 3. The molecule has 2 aliphatic rings. The van der Waals surface area contributed by atoms with Crippen LogP contribution >= 0.6 is 0 Å². The third-order valence-electron chi connectivity index (χ3n) is 5.95. The molecule has 1 unspecified atom stereocenters. The summed E-state index contributed by atoms with van der Waals surface area (Å²) in [6.07, 6.45) is 0.820. The summed E-state index contributed by atoms with van der Waals surface area (Å²) in [5, 5.41) is 14.3. The van der Waals surface area contributed by atoms with Crippen molar-refractivity contribution in [2.24, 2.45) is 0 Å². The van der Waals surface area contributed by atoms with Crippen molar-refractivity contribution >= 4 is 18.0 Å². The molecular weight excluding hydrogens is 396 g/mol. The smallest absolute Gasteiger partial charge is 0.407 e. The molecule has 3 N–H and O–H groups in total. The second kappa shape index (κ2) is 8.41. The zero-order valence-electron chi connectivity index (χ0n) is 17.4. The van der Waals surface area contributed by atoms with E-state index in [1.807, 2.05) is 24.3 Å². The molecule has 0 bridgehead atoms. The lowest BCUT2D eigenvalue weighted by Crippen LogP contribution is -2.43. The minimum Gasteiger partial charge on any atom is -0.481 e. The first-order chi connectivity index (χ1) is 14.9. The first kappa shape index (κ1) is 20.9. The number of rotatable bonds is 8. The van der Waals surface area contributed by atoms with Gasteiger partial charge < -0.3 is 20.5 Å². The number of carboxylic acid groups (broad SMARTS) is 1. The maximum atomic E-state index is 12.5. The number of benzene rings is 2. The van der Waals surface area contributed by atoms with Gasteiger partial charge in [-0.15, -0.1) is 0 Å². The average Bonchev–Trinajstić information content (AvgIpc) is 3.38. The Bertz CT molecular complexity index is 969. The molecule has 7 heteroatoms. The number of aliphatic carboxylic acids is 1. The highest BCUT2D eigenvalue weighted by Gasteiger charge is 2.46. The quantitative estimate of drug-likeness (QED) is 0.605. The third kappa shape index (κ3) is 4.71. The highest BCUT2D eigenvalue weighted by atomic mass is 16.5. The molecule has 0 heterocycles. The van der Waals surface area contributed by atoms with E-state index in [-0.39, 0.29) is 31.3 Å². The molecule has 2 aromatic rings. The maximum absolute atomic E-state index is 12.5. The number of alkyl carbamates (subject to hydrolysis) is 1. The van der Waals surface area contributed by atoms with E-state index < -0.39 is 23.6 Å². The highest BCUT2D eigenvalue weighted by Crippen LogP contribution is 2.44. The molecule has 31 heavy (non-hydrogen) atoms. The van der Waals surface area contributed by atoms with Crippen LogP contribution in [0.4, 0.5) is 4.79 Å². The van der Waals surface area contributed by atoms with Gasteiger partial charge in [-0.05, 0) is 42.0 Å². The summed E-state index contributed by atoms with van der Waals surface area (Å²) in [6.45, 7) is 1.86. The Morgan fingerprint density at radius 1 is 1.06 bits per heavy atom. The Morgan fingerprint density at radius 3 is 2.19 bits per heavy atom. The van der Waals surface area contributed by atoms with E-state index in [0.717, 1.165) is 22.3 Å². The topological polar surface area (TPSA) is 105 Å². The number of ether oxygens (including phenoxy) is 1. The summed E-state index contributed by atoms with van der Waals surface area (Å²) < 4.78 is 5.57. The second-order valence-corrected chi connectivity index (χ2v) is 8.47. The zero-order chi connectivity index (χ0) is 22.0. The third-order valence-corrected chi connectivity index (χ3v) is 5.95. The van der Waals surface area contributed by atoms with Gasteiger partial charge in [-0.2, -0.15) is 0 Å². The van der Waals surface area contributed by atoms with E-state index in [4.69, 9.17) is 9.84 Å². The van der Waals surface area contributed by atoms with Gasteiger partial charge in [0.25, 0.3) is 0 Å². The van der Waals surface area contributed by atoms with Gasteiger partial charge in [0.15, 0.2) is 0 Å². The number of carboxylic acids is 1. The van der Waals surface area contributed by atoms with Gasteiger partial charge in [-0.3, -0.25) is 9.59 Å². The van der Waals surface area contributed by atoms with Crippen LogP contribution in [0.1, 0.15) is 49.7 Å². The highest BCUT2D eigenvalue weighted by molar-refractivity contribution is 5.81. The molecule has 0 saturated heterocycles. The van der Waals surface area contributed by atoms with E-state index >= 15 is 0 Å². The standard InChI is InChI=1S/C24H26N2O5/c1-15(12-22(28)29)25-21(27)13-24(10-11-24)26-23(30)31-14-20-18-8-4-2-6-16(18)17-7-3-5-9-19(17)20/h2-9,15,20H,10-14H2,1H3,(H,25,27)(H,26,30)(H,28,29). The SMILES string of the molecule is CC(CC(=O)O)NC(=O)CC1(NC(=O)OCC2c3ccccc3-c3ccccc32)CC1. The van der Waals surface area contributed by atoms with E-state index in [1.165, 1.54) is 0 Å². The lowest BCUT2D eigenvalue weighted by atomic mass is 9.98. The first-order valence-corrected chi connectivity index (χ1v) is 10.5. The molecule has 0 aliphatic heterocycles. The zero-order valence-corrected chi connectivity index (χ0v) is 17.4. The predicted molar refractivity (Wildman–Crippen MR) is 115 cm³/mol. The Kier molecular flexibility index (Phi) is 5.67. The fourth-order valence-corrected chi connectivity index (χ4v) is 4.29. The Hall–Kier alpha value is -3.35. The van der Waals surface area contributed by atoms with Crippen molar-refractivity contribution in [3.05, 3.63) is 59.7 Å². The molecule has 4 rings (SSSR count). The van der Waals surface area contributed by atoms with Crippen LogP contribution in [0.2, 0.25) is 0 Å². The molecule has 0 aromatic heterocycles. The van der Waals surface area contributed by atoms with Gasteiger partial charge in [0, 0.05) is 18.4 Å². The summed E-state index contributed by atoms with van der Waals surface area (Å²) in [5.74, 6) is -1.26. The minimum atomic E-state index is -0.967. The molecule has 0 spiro atoms. The summed E-state index contributed by atoms with van der Waals surface area (Å²) in [7, 11) is 0. The first-order valence-electron chi connectivity index (χ1n) is 10.5. The predicted octanol–water partition coefficient (Wildman–Crippen LogP) is 3.43. The molecule has 1 saturated carbocycles. The van der Waals surface area contributed by atoms with Crippen molar-refractivity contribution in [2.45, 2.75) is 50.1 Å². The van der Waals surface area contributed by atoms with E-state index in [9.17, 15) is 14.4 Å². The molecule has 7 nitrogen and oxygen atoms in total. The molecule has 2 aromatic carbocycles. The summed E-state index contributed by atoms with van der Waals surface area (Å²) in [4.78, 5) is 35.4. The monoisotopic (exact) mass is 422 g/mol. The lowest BCUT2D eigenvalue weighted by Gasteiger charge is -2.20. The number of fused-ring (bicyclic) bond motifs is 3. The van der Waals surface area contributed by atoms with Crippen LogP contribution in [0.15, 0.2) is 48.5 Å². The van der Waals surface area contributed by atoms with Crippen LogP contribution in [0.5, 0.6) is 0 Å². The normalized spacial score (nSPS) is 16.5. The average molecular weight is 422 g/mol. The molecule has 1 fully saturated rings. The van der Waals surface area contributed by atoms with Crippen molar-refractivity contribution < 1.29 is 24.2 Å². The molecule has 1 atom stereocenters. The molecular formula is C24H26N2O5. The fraction of sp³-hybridized carbons (Fsp3) is 0.375. The summed E-state index contributed by atoms with van der Waals surface area (Å²) >= 11 is 0. The van der Waals surface area contributed by atoms with Gasteiger partial charge in [0.05, 0.1) is 12.0 Å². The Morgan fingerprint density at radius 2 is 1.65 bits per heavy atom. The van der Waals surface area contributed by atoms with Crippen LogP contribution in [0, 0.1) is 0 Å². The summed E-state index contributed by atoms with van der Waals surface area (Å²) in [6, 6.07) is 15.8. The van der Waals surface area contributed by atoms with Crippen molar-refractivity contribution in [3.8, 4) is 11.1 Å². The number of amides is 2. The summed E-state index contributed by atoms with van der Waals surface area (Å²) in [5.41, 5.74) is 4.01. The second-order valence-electron chi connectivity index (χ2n) is 8.47. The molecule has 2 aliphatic carbocycles. The molecule has 2 amide bonds. The molecule has 162 valence electrons. The van der Waals surface area contributed by atoms with Crippen LogP contribution in [0.3, 0.4) is 0 Å². The van der Waals surface area contributed by atoms with E-state index in [0.29, 0.717) is 12.8 Å². The van der Waals surface area contributed by atoms with Gasteiger partial charge in [0.2, 0.25) is 5.91 Å². The van der Waals surface area contributed by atoms with Gasteiger partial charge in [-0.25, -0.2) is 4.79 Å². The van der Waals surface area contributed by atoms with Crippen molar-refractivity contribution in [1.29, 1.82) is 0 Å². The van der Waals surface area contributed by atoms with Crippen LogP contribution in [-0.4, -0.2) is 41.3 Å². The minimum absolute atomic E-state index is 0.0199. The Labute approximate surface area is 180 Å². The Balaban J connectivity index is 1.33. The number of nitrogens with one attached hydrogen (secondary N) is 2. The van der Waals surface area contributed by atoms with E-state index in [1.54, 1.807) is 6.92 Å². The van der Waals surface area contributed by atoms with Gasteiger partial charge >= 0.3 is 12.1 Å². The fourth-order valence-electron chi connectivity index (χ4n) is 4.29. The van der Waals surface area contributed by atoms with Gasteiger partial charge in [0.1, 0.15) is 6.61 Å². The van der Waals surface area contributed by atoms with Crippen LogP contribution < -0.4 is 10.6 Å². The van der Waals surface area contributed by atoms with Crippen LogP contribution in [0.25, 0.3) is 11.1 Å². The maximum Gasteiger partial charge on any atom is 0.407 e. The van der Waals surface area contributed by atoms with E-state index in [2.05, 4.69) is 34.9 Å².